The van der Waals surface area contributed by atoms with Crippen LogP contribution in [0.2, 0.25) is 0 Å². The molecule has 0 aliphatic carbocycles. The fraction of sp³-hybridized carbons (Fsp3) is 0.188. The largest absolute Gasteiger partial charge is 0.496 e. The number of carbonyl (C=O) groups is 1. The predicted octanol–water partition coefficient (Wildman–Crippen LogP) is 2.61. The zero-order valence-electron chi connectivity index (χ0n) is 12.0. The number of benzene rings is 2. The SMILES string of the molecule is COc1cccc(Oc2ccc(C(N)=O)cc2)c1[C@H](C)N. The minimum absolute atomic E-state index is 0.235. The first-order valence-corrected chi connectivity index (χ1v) is 6.53. The fourth-order valence-corrected chi connectivity index (χ4v) is 2.05. The van der Waals surface area contributed by atoms with Gasteiger partial charge in [-0.3, -0.25) is 4.79 Å². The molecule has 0 unspecified atom stereocenters. The molecule has 0 saturated heterocycles. The van der Waals surface area contributed by atoms with E-state index in [1.54, 1.807) is 31.4 Å². The van der Waals surface area contributed by atoms with Crippen LogP contribution in [0, 0.1) is 0 Å². The van der Waals surface area contributed by atoms with Gasteiger partial charge in [-0.1, -0.05) is 6.07 Å². The van der Waals surface area contributed by atoms with Crippen molar-refractivity contribution in [1.82, 2.24) is 0 Å². The summed E-state index contributed by atoms with van der Waals surface area (Å²) < 4.78 is 11.2. The minimum Gasteiger partial charge on any atom is -0.496 e. The van der Waals surface area contributed by atoms with Crippen molar-refractivity contribution in [3.63, 3.8) is 0 Å². The van der Waals surface area contributed by atoms with Crippen LogP contribution in [0.4, 0.5) is 0 Å². The second kappa shape index (κ2) is 6.28. The maximum atomic E-state index is 11.0. The number of methoxy groups -OCH3 is 1. The summed E-state index contributed by atoms with van der Waals surface area (Å²) in [6.45, 7) is 1.86. The average Bonchev–Trinajstić information content (AvgIpc) is 2.47. The Labute approximate surface area is 123 Å². The molecule has 1 amide bonds. The molecule has 2 rings (SSSR count). The molecule has 0 fully saturated rings. The van der Waals surface area contributed by atoms with E-state index in [-0.39, 0.29) is 6.04 Å². The molecule has 0 spiro atoms. The van der Waals surface area contributed by atoms with Gasteiger partial charge in [-0.05, 0) is 43.3 Å². The first-order valence-electron chi connectivity index (χ1n) is 6.53. The van der Waals surface area contributed by atoms with Gasteiger partial charge < -0.3 is 20.9 Å². The van der Waals surface area contributed by atoms with Gasteiger partial charge in [0.15, 0.2) is 0 Å². The van der Waals surface area contributed by atoms with E-state index in [9.17, 15) is 4.79 Å². The smallest absolute Gasteiger partial charge is 0.248 e. The molecule has 5 heteroatoms. The lowest BCUT2D eigenvalue weighted by Gasteiger charge is -2.17. The molecule has 4 N–H and O–H groups in total. The van der Waals surface area contributed by atoms with Crippen molar-refractivity contribution in [2.24, 2.45) is 11.5 Å². The topological polar surface area (TPSA) is 87.6 Å². The van der Waals surface area contributed by atoms with Gasteiger partial charge in [0, 0.05) is 11.6 Å². The highest BCUT2D eigenvalue weighted by Gasteiger charge is 2.15. The summed E-state index contributed by atoms with van der Waals surface area (Å²) >= 11 is 0. The average molecular weight is 286 g/mol. The lowest BCUT2D eigenvalue weighted by Crippen LogP contribution is -2.10. The van der Waals surface area contributed by atoms with Gasteiger partial charge in [-0.2, -0.15) is 0 Å². The number of rotatable bonds is 5. The van der Waals surface area contributed by atoms with Gasteiger partial charge >= 0.3 is 0 Å². The summed E-state index contributed by atoms with van der Waals surface area (Å²) in [5.74, 6) is 1.42. The molecule has 1 atom stereocenters. The highest BCUT2D eigenvalue weighted by molar-refractivity contribution is 5.92. The van der Waals surface area contributed by atoms with Crippen molar-refractivity contribution in [3.8, 4) is 17.2 Å². The molecule has 0 bridgehead atoms. The Bertz CT molecular complexity index is 636. The van der Waals surface area contributed by atoms with E-state index in [1.165, 1.54) is 0 Å². The van der Waals surface area contributed by atoms with Gasteiger partial charge in [-0.25, -0.2) is 0 Å². The molecule has 2 aromatic carbocycles. The Morgan fingerprint density at radius 1 is 1.10 bits per heavy atom. The molecule has 0 radical (unpaired) electrons. The summed E-state index contributed by atoms with van der Waals surface area (Å²) in [5, 5.41) is 0. The lowest BCUT2D eigenvalue weighted by molar-refractivity contribution is 0.100. The molecule has 110 valence electrons. The van der Waals surface area contributed by atoms with E-state index in [2.05, 4.69) is 0 Å². The number of carbonyl (C=O) groups excluding carboxylic acids is 1. The van der Waals surface area contributed by atoms with Crippen LogP contribution in [0.5, 0.6) is 17.2 Å². The van der Waals surface area contributed by atoms with E-state index in [1.807, 2.05) is 25.1 Å². The van der Waals surface area contributed by atoms with Crippen molar-refractivity contribution in [1.29, 1.82) is 0 Å². The van der Waals surface area contributed by atoms with Crippen molar-refractivity contribution >= 4 is 5.91 Å². The van der Waals surface area contributed by atoms with E-state index >= 15 is 0 Å². The fourth-order valence-electron chi connectivity index (χ4n) is 2.05. The Morgan fingerprint density at radius 3 is 2.24 bits per heavy atom. The van der Waals surface area contributed by atoms with E-state index in [0.717, 1.165) is 5.56 Å². The predicted molar refractivity (Wildman–Crippen MR) is 80.6 cm³/mol. The van der Waals surface area contributed by atoms with Crippen molar-refractivity contribution < 1.29 is 14.3 Å². The normalized spacial score (nSPS) is 11.8. The Hall–Kier alpha value is -2.53. The number of hydrogen-bond donors (Lipinski definition) is 2. The maximum absolute atomic E-state index is 11.0. The standard InChI is InChI=1S/C16H18N2O3/c1-10(17)15-13(20-2)4-3-5-14(15)21-12-8-6-11(7-9-12)16(18)19/h3-10H,17H2,1-2H3,(H2,18,19)/t10-/m0/s1. The van der Waals surface area contributed by atoms with Gasteiger partial charge in [-0.15, -0.1) is 0 Å². The van der Waals surface area contributed by atoms with Crippen molar-refractivity contribution in [2.75, 3.05) is 7.11 Å². The molecule has 5 nitrogen and oxygen atoms in total. The van der Waals surface area contributed by atoms with Crippen LogP contribution in [0.25, 0.3) is 0 Å². The summed E-state index contributed by atoms with van der Waals surface area (Å²) in [6.07, 6.45) is 0. The van der Waals surface area contributed by atoms with E-state index < -0.39 is 5.91 Å². The lowest BCUT2D eigenvalue weighted by atomic mass is 10.1. The van der Waals surface area contributed by atoms with Crippen LogP contribution < -0.4 is 20.9 Å². The van der Waals surface area contributed by atoms with E-state index in [0.29, 0.717) is 22.8 Å². The quantitative estimate of drug-likeness (QED) is 0.884. The van der Waals surface area contributed by atoms with E-state index in [4.69, 9.17) is 20.9 Å². The summed E-state index contributed by atoms with van der Waals surface area (Å²) in [5.41, 5.74) is 12.4. The number of amides is 1. The molecule has 0 saturated carbocycles. The van der Waals surface area contributed by atoms with Crippen LogP contribution in [0.1, 0.15) is 28.9 Å². The zero-order chi connectivity index (χ0) is 15.4. The minimum atomic E-state index is -0.473. The van der Waals surface area contributed by atoms with Crippen LogP contribution in [-0.4, -0.2) is 13.0 Å². The van der Waals surface area contributed by atoms with Crippen LogP contribution in [0.3, 0.4) is 0 Å². The maximum Gasteiger partial charge on any atom is 0.248 e. The molecule has 0 aliphatic rings. The molecule has 0 aromatic heterocycles. The third kappa shape index (κ3) is 3.32. The highest BCUT2D eigenvalue weighted by atomic mass is 16.5. The molecule has 0 heterocycles. The van der Waals surface area contributed by atoms with Crippen LogP contribution >= 0.6 is 0 Å². The third-order valence-electron chi connectivity index (χ3n) is 3.07. The second-order valence-electron chi connectivity index (χ2n) is 4.65. The summed E-state index contributed by atoms with van der Waals surface area (Å²) in [6, 6.07) is 11.9. The molecule has 2 aromatic rings. The van der Waals surface area contributed by atoms with Crippen LogP contribution in [0.15, 0.2) is 42.5 Å². The van der Waals surface area contributed by atoms with Gasteiger partial charge in [0.05, 0.1) is 12.7 Å². The molecule has 0 aliphatic heterocycles. The summed E-state index contributed by atoms with van der Waals surface area (Å²) in [7, 11) is 1.59. The number of hydrogen-bond acceptors (Lipinski definition) is 4. The molecule has 21 heavy (non-hydrogen) atoms. The number of nitrogens with two attached hydrogens (primary N) is 2. The van der Waals surface area contributed by atoms with Crippen molar-refractivity contribution in [3.05, 3.63) is 53.6 Å². The van der Waals surface area contributed by atoms with Gasteiger partial charge in [0.2, 0.25) is 5.91 Å². The van der Waals surface area contributed by atoms with Gasteiger partial charge in [0.25, 0.3) is 0 Å². The Kier molecular flexibility index (Phi) is 4.45. The van der Waals surface area contributed by atoms with Crippen molar-refractivity contribution in [2.45, 2.75) is 13.0 Å². The molecular weight excluding hydrogens is 268 g/mol. The number of ether oxygens (including phenoxy) is 2. The first kappa shape index (κ1) is 14.9. The number of primary amides is 1. The summed E-state index contributed by atoms with van der Waals surface area (Å²) in [4.78, 5) is 11.0. The monoisotopic (exact) mass is 286 g/mol. The highest BCUT2D eigenvalue weighted by Crippen LogP contribution is 2.35. The zero-order valence-corrected chi connectivity index (χ0v) is 12.0. The van der Waals surface area contributed by atoms with Crippen LogP contribution in [-0.2, 0) is 0 Å². The second-order valence-corrected chi connectivity index (χ2v) is 4.65. The Balaban J connectivity index is 2.33. The van der Waals surface area contributed by atoms with Gasteiger partial charge in [0.1, 0.15) is 17.2 Å². The molecular formula is C16H18N2O3. The Morgan fingerprint density at radius 2 is 1.71 bits per heavy atom. The third-order valence-corrected chi connectivity index (χ3v) is 3.07. The first-order chi connectivity index (χ1) is 10.0.